The van der Waals surface area contributed by atoms with Crippen molar-refractivity contribution < 1.29 is 0 Å². The maximum absolute atomic E-state index is 3.78. The van der Waals surface area contributed by atoms with Crippen LogP contribution in [0.1, 0.15) is 45.1 Å². The average Bonchev–Trinajstić information content (AvgIpc) is 2.41. The zero-order valence-electron chi connectivity index (χ0n) is 12.9. The molecule has 2 nitrogen and oxygen atoms in total. The molecule has 0 spiro atoms. The molecule has 0 bridgehead atoms. The monoisotopic (exact) mass is 338 g/mol. The van der Waals surface area contributed by atoms with Crippen molar-refractivity contribution >= 4 is 15.9 Å². The minimum absolute atomic E-state index is 0.589. The molecule has 1 aromatic carbocycles. The highest BCUT2D eigenvalue weighted by molar-refractivity contribution is 9.10. The predicted octanol–water partition coefficient (Wildman–Crippen LogP) is 4.02. The van der Waals surface area contributed by atoms with Crippen LogP contribution in [0.5, 0.6) is 0 Å². The molecule has 1 saturated carbocycles. The summed E-state index contributed by atoms with van der Waals surface area (Å²) in [4.78, 5) is 2.49. The molecular formula is C17H27BrN2. The molecule has 0 radical (unpaired) electrons. The van der Waals surface area contributed by atoms with Crippen molar-refractivity contribution in [2.24, 2.45) is 0 Å². The van der Waals surface area contributed by atoms with Crippen LogP contribution in [0.25, 0.3) is 0 Å². The van der Waals surface area contributed by atoms with Crippen LogP contribution in [-0.4, -0.2) is 36.6 Å². The van der Waals surface area contributed by atoms with Crippen LogP contribution < -0.4 is 5.32 Å². The van der Waals surface area contributed by atoms with E-state index in [4.69, 9.17) is 0 Å². The van der Waals surface area contributed by atoms with Gasteiger partial charge in [-0.2, -0.15) is 0 Å². The van der Waals surface area contributed by atoms with E-state index in [1.807, 2.05) is 0 Å². The van der Waals surface area contributed by atoms with Gasteiger partial charge < -0.3 is 10.2 Å². The second-order valence-electron chi connectivity index (χ2n) is 5.97. The van der Waals surface area contributed by atoms with Crippen LogP contribution in [0.4, 0.5) is 0 Å². The Balaban J connectivity index is 1.72. The molecule has 1 atom stereocenters. The zero-order valence-corrected chi connectivity index (χ0v) is 14.5. The Hall–Kier alpha value is -0.380. The smallest absolute Gasteiger partial charge is 0.0175 e. The summed E-state index contributed by atoms with van der Waals surface area (Å²) >= 11 is 3.50. The van der Waals surface area contributed by atoms with E-state index >= 15 is 0 Å². The molecule has 0 saturated heterocycles. The molecule has 0 aliphatic heterocycles. The normalized spacial score (nSPS) is 23.6. The molecule has 20 heavy (non-hydrogen) atoms. The first-order valence-electron chi connectivity index (χ1n) is 7.86. The number of likely N-dealkylation sites (N-methyl/N-ethyl adjacent to an activating group) is 1. The lowest BCUT2D eigenvalue weighted by Gasteiger charge is -2.39. The van der Waals surface area contributed by atoms with Gasteiger partial charge in [-0.05, 0) is 56.5 Å². The van der Waals surface area contributed by atoms with Crippen LogP contribution in [0, 0.1) is 0 Å². The third kappa shape index (κ3) is 4.31. The summed E-state index contributed by atoms with van der Waals surface area (Å²) in [6, 6.07) is 10.1. The topological polar surface area (TPSA) is 15.3 Å². The Kier molecular flexibility index (Phi) is 6.06. The quantitative estimate of drug-likeness (QED) is 0.807. The van der Waals surface area contributed by atoms with Crippen molar-refractivity contribution in [3.63, 3.8) is 0 Å². The molecule has 0 aromatic heterocycles. The standard InChI is InChI=1S/C17H27BrN2/c1-4-20(5-2)12-13(3)19-17-10-15(11-17)14-6-8-16(18)9-7-14/h6-9,13,15,17,19H,4-5,10-12H2,1-3H3. The number of hydrogen-bond donors (Lipinski definition) is 1. The summed E-state index contributed by atoms with van der Waals surface area (Å²) in [6.45, 7) is 10.2. The van der Waals surface area contributed by atoms with Crippen molar-refractivity contribution in [2.45, 2.75) is 51.6 Å². The van der Waals surface area contributed by atoms with Gasteiger partial charge in [-0.25, -0.2) is 0 Å². The number of hydrogen-bond acceptors (Lipinski definition) is 2. The number of nitrogens with one attached hydrogen (secondary N) is 1. The van der Waals surface area contributed by atoms with E-state index in [-0.39, 0.29) is 0 Å². The zero-order chi connectivity index (χ0) is 14.5. The highest BCUT2D eigenvalue weighted by atomic mass is 79.9. The van der Waals surface area contributed by atoms with Crippen LogP contribution in [0.15, 0.2) is 28.7 Å². The van der Waals surface area contributed by atoms with Gasteiger partial charge in [-0.3, -0.25) is 0 Å². The third-order valence-corrected chi connectivity index (χ3v) is 4.95. The summed E-state index contributed by atoms with van der Waals surface area (Å²) in [5.74, 6) is 0.751. The summed E-state index contributed by atoms with van der Waals surface area (Å²) < 4.78 is 1.17. The number of benzene rings is 1. The van der Waals surface area contributed by atoms with Gasteiger partial charge in [0.05, 0.1) is 0 Å². The van der Waals surface area contributed by atoms with E-state index in [0.717, 1.165) is 25.6 Å². The van der Waals surface area contributed by atoms with Crippen molar-refractivity contribution in [3.05, 3.63) is 34.3 Å². The van der Waals surface area contributed by atoms with Crippen LogP contribution in [0.2, 0.25) is 0 Å². The third-order valence-electron chi connectivity index (χ3n) is 4.43. The predicted molar refractivity (Wildman–Crippen MR) is 90.3 cm³/mol. The lowest BCUT2D eigenvalue weighted by Crippen LogP contribution is -2.48. The summed E-state index contributed by atoms with van der Waals surface area (Å²) in [7, 11) is 0. The maximum atomic E-state index is 3.78. The molecule has 3 heteroatoms. The largest absolute Gasteiger partial charge is 0.310 e. The molecule has 1 aliphatic carbocycles. The molecular weight excluding hydrogens is 312 g/mol. The lowest BCUT2D eigenvalue weighted by atomic mass is 9.75. The highest BCUT2D eigenvalue weighted by Crippen LogP contribution is 2.37. The maximum Gasteiger partial charge on any atom is 0.0175 e. The van der Waals surface area contributed by atoms with Crippen molar-refractivity contribution in [1.29, 1.82) is 0 Å². The van der Waals surface area contributed by atoms with Gasteiger partial charge in [0.15, 0.2) is 0 Å². The van der Waals surface area contributed by atoms with E-state index in [1.54, 1.807) is 0 Å². The fourth-order valence-corrected chi connectivity index (χ4v) is 3.35. The SMILES string of the molecule is CCN(CC)CC(C)NC1CC(c2ccc(Br)cc2)C1. The molecule has 1 fully saturated rings. The Morgan fingerprint density at radius 3 is 2.35 bits per heavy atom. The molecule has 1 unspecified atom stereocenters. The second-order valence-corrected chi connectivity index (χ2v) is 6.89. The first kappa shape index (κ1) is 16.0. The fourth-order valence-electron chi connectivity index (χ4n) is 3.09. The Bertz CT molecular complexity index is 394. The lowest BCUT2D eigenvalue weighted by molar-refractivity contribution is 0.221. The number of nitrogens with zero attached hydrogens (tertiary/aromatic N) is 1. The average molecular weight is 339 g/mol. The van der Waals surface area contributed by atoms with Gasteiger partial charge in [0.2, 0.25) is 0 Å². The first-order valence-corrected chi connectivity index (χ1v) is 8.65. The highest BCUT2D eigenvalue weighted by Gasteiger charge is 2.30. The van der Waals surface area contributed by atoms with Gasteiger partial charge in [0, 0.05) is 23.1 Å². The molecule has 0 amide bonds. The van der Waals surface area contributed by atoms with Crippen molar-refractivity contribution in [1.82, 2.24) is 10.2 Å². The molecule has 1 aliphatic rings. The van der Waals surface area contributed by atoms with E-state index in [1.165, 1.54) is 22.9 Å². The van der Waals surface area contributed by atoms with E-state index in [9.17, 15) is 0 Å². The minimum atomic E-state index is 0.589. The second kappa shape index (κ2) is 7.58. The molecule has 2 rings (SSSR count). The number of halogens is 1. The van der Waals surface area contributed by atoms with Gasteiger partial charge in [0.1, 0.15) is 0 Å². The summed E-state index contributed by atoms with van der Waals surface area (Å²) in [5.41, 5.74) is 1.49. The number of rotatable bonds is 7. The van der Waals surface area contributed by atoms with Crippen LogP contribution in [0.3, 0.4) is 0 Å². The Labute approximate surface area is 132 Å². The molecule has 1 aromatic rings. The Morgan fingerprint density at radius 2 is 1.80 bits per heavy atom. The molecule has 1 N–H and O–H groups in total. The minimum Gasteiger partial charge on any atom is -0.310 e. The van der Waals surface area contributed by atoms with Crippen molar-refractivity contribution in [3.8, 4) is 0 Å². The van der Waals surface area contributed by atoms with E-state index < -0.39 is 0 Å². The molecule has 112 valence electrons. The van der Waals surface area contributed by atoms with Gasteiger partial charge in [-0.15, -0.1) is 0 Å². The van der Waals surface area contributed by atoms with Crippen molar-refractivity contribution in [2.75, 3.05) is 19.6 Å². The van der Waals surface area contributed by atoms with E-state index in [2.05, 4.69) is 71.2 Å². The van der Waals surface area contributed by atoms with Gasteiger partial charge in [-0.1, -0.05) is 41.9 Å². The Morgan fingerprint density at radius 1 is 1.20 bits per heavy atom. The first-order chi connectivity index (χ1) is 9.62. The summed E-state index contributed by atoms with van der Waals surface area (Å²) in [5, 5.41) is 3.78. The van der Waals surface area contributed by atoms with Crippen LogP contribution >= 0.6 is 15.9 Å². The van der Waals surface area contributed by atoms with E-state index in [0.29, 0.717) is 12.1 Å². The summed E-state index contributed by atoms with van der Waals surface area (Å²) in [6.07, 6.45) is 2.56. The van der Waals surface area contributed by atoms with Crippen LogP contribution in [-0.2, 0) is 0 Å². The van der Waals surface area contributed by atoms with Gasteiger partial charge in [0.25, 0.3) is 0 Å². The van der Waals surface area contributed by atoms with Gasteiger partial charge >= 0.3 is 0 Å². The fraction of sp³-hybridized carbons (Fsp3) is 0.647. The molecule has 0 heterocycles.